The number of halogens is 1. The molecule has 0 radical (unpaired) electrons. The van der Waals surface area contributed by atoms with Gasteiger partial charge in [-0.05, 0) is 37.5 Å². The second-order valence-corrected chi connectivity index (χ2v) is 8.37. The van der Waals surface area contributed by atoms with E-state index >= 15 is 0 Å². The number of rotatable bonds is 7. The third kappa shape index (κ3) is 9.48. The Labute approximate surface area is 214 Å². The van der Waals surface area contributed by atoms with Crippen LogP contribution >= 0.6 is 11.6 Å². The number of hydroxylamine groups is 1. The maximum Gasteiger partial charge on any atom is 0.346 e. The Morgan fingerprint density at radius 3 is 2.64 bits per heavy atom. The largest absolute Gasteiger partial charge is 0.506 e. The molecule has 36 heavy (non-hydrogen) atoms. The predicted octanol–water partition coefficient (Wildman–Crippen LogP) is 2.87. The number of carbonyl (C=O) groups excluding carboxylic acids is 3. The highest BCUT2D eigenvalue weighted by Crippen LogP contribution is 2.32. The lowest BCUT2D eigenvalue weighted by Gasteiger charge is -2.20. The highest BCUT2D eigenvalue weighted by Gasteiger charge is 2.23. The highest BCUT2D eigenvalue weighted by molar-refractivity contribution is 6.33. The van der Waals surface area contributed by atoms with Crippen LogP contribution in [-0.2, 0) is 39.9 Å². The second-order valence-electron chi connectivity index (χ2n) is 7.99. The molecule has 0 aliphatic carbocycles. The van der Waals surface area contributed by atoms with Gasteiger partial charge in [0.25, 0.3) is 0 Å². The van der Waals surface area contributed by atoms with Crippen molar-refractivity contribution in [3.63, 3.8) is 0 Å². The fraction of sp³-hybridized carbons (Fsp3) is 0.500. The number of nitrogens with one attached hydrogen (secondary N) is 1. The monoisotopic (exact) mass is 526 g/mol. The van der Waals surface area contributed by atoms with Gasteiger partial charge in [-0.25, -0.2) is 14.4 Å². The van der Waals surface area contributed by atoms with Crippen molar-refractivity contribution >= 4 is 35.2 Å². The van der Waals surface area contributed by atoms with E-state index in [9.17, 15) is 19.5 Å². The van der Waals surface area contributed by atoms with E-state index in [0.717, 1.165) is 0 Å². The molecule has 198 valence electrons. The van der Waals surface area contributed by atoms with Gasteiger partial charge in [-0.3, -0.25) is 4.84 Å². The lowest BCUT2D eigenvalue weighted by atomic mass is 9.96. The number of methoxy groups -OCH3 is 2. The fourth-order valence-corrected chi connectivity index (χ4v) is 3.55. The van der Waals surface area contributed by atoms with E-state index < -0.39 is 30.6 Å². The fourth-order valence-electron chi connectivity index (χ4n) is 3.32. The molecular weight excluding hydrogens is 496 g/mol. The summed E-state index contributed by atoms with van der Waals surface area (Å²) in [7, 11) is 2.47. The Hall–Kier alpha value is -3.15. The van der Waals surface area contributed by atoms with Gasteiger partial charge in [-0.15, -0.1) is 0 Å². The second kappa shape index (κ2) is 15.1. The minimum absolute atomic E-state index is 0.00174. The third-order valence-corrected chi connectivity index (χ3v) is 5.62. The number of cyclic esters (lactones) is 1. The summed E-state index contributed by atoms with van der Waals surface area (Å²) in [6, 6.07) is 2.40. The molecule has 2 rings (SSSR count). The first kappa shape index (κ1) is 29.1. The lowest BCUT2D eigenvalue weighted by molar-refractivity contribution is -0.149. The normalized spacial score (nSPS) is 21.0. The zero-order valence-electron chi connectivity index (χ0n) is 20.5. The SMILES string of the molecule is COC(=O)CO/N=C1/Cc2c(ccc(O)c2Cl)C(=O)OC(C)C/C=C/CCC(NOCC(=O)OC)C1. The van der Waals surface area contributed by atoms with Crippen LogP contribution in [0.5, 0.6) is 5.75 Å². The molecule has 2 atom stereocenters. The van der Waals surface area contributed by atoms with Crippen LogP contribution < -0.4 is 5.48 Å². The summed E-state index contributed by atoms with van der Waals surface area (Å²) in [5.41, 5.74) is 3.67. The summed E-state index contributed by atoms with van der Waals surface area (Å²) in [6.45, 7) is 1.04. The molecular formula is C24H31ClN2O9. The van der Waals surface area contributed by atoms with Crippen molar-refractivity contribution in [2.75, 3.05) is 27.4 Å². The van der Waals surface area contributed by atoms with E-state index in [2.05, 4.69) is 20.1 Å². The zero-order valence-corrected chi connectivity index (χ0v) is 21.2. The van der Waals surface area contributed by atoms with Crippen LogP contribution in [0.15, 0.2) is 29.4 Å². The number of nitrogens with zero attached hydrogens (tertiary/aromatic N) is 1. The molecule has 0 aromatic heterocycles. The Balaban J connectivity index is 2.41. The summed E-state index contributed by atoms with van der Waals surface area (Å²) in [4.78, 5) is 46.3. The van der Waals surface area contributed by atoms with Crippen LogP contribution in [-0.4, -0.2) is 68.3 Å². The first-order chi connectivity index (χ1) is 17.2. The van der Waals surface area contributed by atoms with Crippen molar-refractivity contribution in [3.8, 4) is 5.75 Å². The molecule has 0 saturated heterocycles. The first-order valence-electron chi connectivity index (χ1n) is 11.3. The van der Waals surface area contributed by atoms with Crippen LogP contribution in [0, 0.1) is 0 Å². The van der Waals surface area contributed by atoms with Crippen molar-refractivity contribution in [2.24, 2.45) is 5.16 Å². The number of phenols is 1. The van der Waals surface area contributed by atoms with Crippen molar-refractivity contribution in [2.45, 2.75) is 51.2 Å². The molecule has 12 heteroatoms. The zero-order chi connectivity index (χ0) is 26.5. The topological polar surface area (TPSA) is 142 Å². The number of allylic oxidation sites excluding steroid dienone is 1. The van der Waals surface area contributed by atoms with Gasteiger partial charge in [0.15, 0.2) is 6.61 Å². The molecule has 1 aliphatic heterocycles. The van der Waals surface area contributed by atoms with E-state index in [-0.39, 0.29) is 47.4 Å². The maximum absolute atomic E-state index is 12.9. The van der Waals surface area contributed by atoms with Crippen molar-refractivity contribution in [3.05, 3.63) is 40.4 Å². The number of benzene rings is 1. The van der Waals surface area contributed by atoms with Gasteiger partial charge in [0.05, 0.1) is 30.5 Å². The van der Waals surface area contributed by atoms with Crippen LogP contribution in [0.2, 0.25) is 5.02 Å². The van der Waals surface area contributed by atoms with Gasteiger partial charge < -0.3 is 24.2 Å². The van der Waals surface area contributed by atoms with Crippen LogP contribution in [0.4, 0.5) is 0 Å². The number of fused-ring (bicyclic) bond motifs is 1. The van der Waals surface area contributed by atoms with E-state index in [1.807, 2.05) is 12.2 Å². The Morgan fingerprint density at radius 2 is 1.92 bits per heavy atom. The van der Waals surface area contributed by atoms with Gasteiger partial charge in [0, 0.05) is 25.3 Å². The lowest BCUT2D eigenvalue weighted by Crippen LogP contribution is -2.34. The number of hydrogen-bond acceptors (Lipinski definition) is 11. The van der Waals surface area contributed by atoms with Crippen LogP contribution in [0.25, 0.3) is 0 Å². The maximum atomic E-state index is 12.9. The minimum atomic E-state index is -0.630. The van der Waals surface area contributed by atoms with Crippen LogP contribution in [0.1, 0.15) is 48.5 Å². The van der Waals surface area contributed by atoms with E-state index in [0.29, 0.717) is 25.0 Å². The average Bonchev–Trinajstić information content (AvgIpc) is 2.85. The van der Waals surface area contributed by atoms with Gasteiger partial charge in [0.2, 0.25) is 6.61 Å². The van der Waals surface area contributed by atoms with E-state index in [4.69, 9.17) is 26.0 Å². The number of phenolic OH excluding ortho intramolecular Hbond substituents is 1. The Morgan fingerprint density at radius 1 is 1.19 bits per heavy atom. The third-order valence-electron chi connectivity index (χ3n) is 5.20. The Kier molecular flexibility index (Phi) is 12.2. The van der Waals surface area contributed by atoms with Crippen molar-refractivity contribution in [1.82, 2.24) is 5.48 Å². The van der Waals surface area contributed by atoms with Gasteiger partial charge in [-0.1, -0.05) is 28.9 Å². The molecule has 2 unspecified atom stereocenters. The quantitative estimate of drug-likeness (QED) is 0.235. The summed E-state index contributed by atoms with van der Waals surface area (Å²) in [5, 5.41) is 14.2. The number of hydrogen-bond donors (Lipinski definition) is 2. The standard InChI is InChI=1S/C24H31ClN2O9/c1-15-7-5-4-6-8-16(26-34-13-21(29)32-2)11-17(27-35-14-22(30)33-3)12-19-18(24(31)36-15)9-10-20(28)23(19)25/h4-5,9-10,15-16,26,28H,6-8,11-14H2,1-3H3/b5-4+,27-17+. The van der Waals surface area contributed by atoms with E-state index in [1.165, 1.54) is 26.4 Å². The smallest absolute Gasteiger partial charge is 0.346 e. The molecule has 1 aromatic rings. The number of carbonyl (C=O) groups is 3. The van der Waals surface area contributed by atoms with Gasteiger partial charge in [0.1, 0.15) is 11.9 Å². The highest BCUT2D eigenvalue weighted by atomic mass is 35.5. The number of oxime groups is 1. The van der Waals surface area contributed by atoms with Crippen molar-refractivity contribution in [1.29, 1.82) is 0 Å². The Bertz CT molecular complexity index is 981. The molecule has 0 saturated carbocycles. The van der Waals surface area contributed by atoms with E-state index in [1.54, 1.807) is 6.92 Å². The minimum Gasteiger partial charge on any atom is -0.506 e. The molecule has 2 N–H and O–H groups in total. The molecule has 1 heterocycles. The molecule has 0 spiro atoms. The van der Waals surface area contributed by atoms with Crippen molar-refractivity contribution < 1.29 is 43.4 Å². The number of aromatic hydroxyl groups is 1. The summed E-state index contributed by atoms with van der Waals surface area (Å²) in [6.07, 6.45) is 5.44. The summed E-state index contributed by atoms with van der Waals surface area (Å²) < 4.78 is 14.7. The molecule has 1 aliphatic rings. The number of esters is 3. The van der Waals surface area contributed by atoms with Crippen LogP contribution in [0.3, 0.4) is 0 Å². The number of ether oxygens (including phenoxy) is 3. The van der Waals surface area contributed by atoms with Gasteiger partial charge in [-0.2, -0.15) is 5.48 Å². The average molecular weight is 527 g/mol. The molecule has 0 fully saturated rings. The summed E-state index contributed by atoms with van der Waals surface area (Å²) >= 11 is 6.38. The molecule has 1 aromatic carbocycles. The molecule has 11 nitrogen and oxygen atoms in total. The first-order valence-corrected chi connectivity index (χ1v) is 11.7. The molecule has 0 amide bonds. The predicted molar refractivity (Wildman–Crippen MR) is 130 cm³/mol. The summed E-state index contributed by atoms with van der Waals surface area (Å²) in [5.74, 6) is -2.00. The molecule has 0 bridgehead atoms. The van der Waals surface area contributed by atoms with Gasteiger partial charge >= 0.3 is 17.9 Å².